The molecule has 0 bridgehead atoms. The van der Waals surface area contributed by atoms with Crippen molar-refractivity contribution < 1.29 is 14.8 Å². The Hall–Kier alpha value is -1.57. The normalized spacial score (nSPS) is 10.3. The van der Waals surface area contributed by atoms with E-state index in [4.69, 9.17) is 4.74 Å². The Morgan fingerprint density at radius 3 is 2.79 bits per heavy atom. The van der Waals surface area contributed by atoms with Crippen LogP contribution >= 0.6 is 11.8 Å². The van der Waals surface area contributed by atoms with Gasteiger partial charge in [-0.25, -0.2) is 4.98 Å². The maximum Gasteiger partial charge on any atom is 0.488 e. The highest BCUT2D eigenvalue weighted by Crippen LogP contribution is 2.25. The molecule has 1 heterocycles. The van der Waals surface area contributed by atoms with Crippen LogP contribution in [0, 0.1) is 0 Å². The lowest BCUT2D eigenvalue weighted by atomic mass is 9.79. The van der Waals surface area contributed by atoms with Crippen molar-refractivity contribution in [3.63, 3.8) is 0 Å². The summed E-state index contributed by atoms with van der Waals surface area (Å²) in [5.74, 6) is 1.32. The fourth-order valence-corrected chi connectivity index (χ4v) is 2.38. The molecule has 7 heteroatoms. The molecule has 2 rings (SSSR count). The number of hydrogen-bond acceptors (Lipinski definition) is 6. The zero-order valence-electron chi connectivity index (χ0n) is 10.4. The lowest BCUT2D eigenvalue weighted by molar-refractivity contribution is 0.410. The van der Waals surface area contributed by atoms with Gasteiger partial charge in [0.1, 0.15) is 10.8 Å². The van der Waals surface area contributed by atoms with E-state index in [1.165, 1.54) is 11.8 Å². The summed E-state index contributed by atoms with van der Waals surface area (Å²) in [5.41, 5.74) is 1.32. The Morgan fingerprint density at radius 2 is 2.16 bits per heavy atom. The summed E-state index contributed by atoms with van der Waals surface area (Å²) in [6.07, 6.45) is 4.93. The highest BCUT2D eigenvalue weighted by atomic mass is 32.2. The predicted molar refractivity (Wildman–Crippen MR) is 74.4 cm³/mol. The quantitative estimate of drug-likeness (QED) is 0.610. The third kappa shape index (κ3) is 3.70. The van der Waals surface area contributed by atoms with Crippen LogP contribution in [0.15, 0.2) is 41.8 Å². The van der Waals surface area contributed by atoms with Gasteiger partial charge in [-0.15, -0.1) is 0 Å². The SMILES string of the molecule is COc1ccc(B(O)O)cc1CSc1cnccn1. The van der Waals surface area contributed by atoms with Crippen molar-refractivity contribution in [1.82, 2.24) is 9.97 Å². The van der Waals surface area contributed by atoms with Gasteiger partial charge >= 0.3 is 7.12 Å². The molecule has 98 valence electrons. The van der Waals surface area contributed by atoms with Crippen molar-refractivity contribution in [2.24, 2.45) is 0 Å². The number of benzene rings is 1. The van der Waals surface area contributed by atoms with Crippen LogP contribution in [-0.4, -0.2) is 34.2 Å². The molecule has 0 amide bonds. The fraction of sp³-hybridized carbons (Fsp3) is 0.167. The molecule has 1 aromatic carbocycles. The van der Waals surface area contributed by atoms with Gasteiger partial charge in [-0.1, -0.05) is 23.9 Å². The van der Waals surface area contributed by atoms with Gasteiger partial charge in [-0.05, 0) is 11.5 Å². The van der Waals surface area contributed by atoms with Crippen molar-refractivity contribution >= 4 is 24.3 Å². The first-order chi connectivity index (χ1) is 9.20. The molecule has 0 fully saturated rings. The summed E-state index contributed by atoms with van der Waals surface area (Å²) in [5, 5.41) is 19.2. The molecule has 0 unspecified atom stereocenters. The van der Waals surface area contributed by atoms with E-state index in [1.54, 1.807) is 43.9 Å². The van der Waals surface area contributed by atoms with E-state index in [0.717, 1.165) is 10.6 Å². The molecule has 1 aromatic heterocycles. The predicted octanol–water partition coefficient (Wildman–Crippen LogP) is 0.457. The largest absolute Gasteiger partial charge is 0.496 e. The standard InChI is InChI=1S/C12H13BN2O3S/c1-18-11-3-2-10(13(16)17)6-9(11)8-19-12-7-14-4-5-15-12/h2-7,16-17H,8H2,1H3. The zero-order valence-corrected chi connectivity index (χ0v) is 11.2. The van der Waals surface area contributed by atoms with Gasteiger partial charge in [-0.2, -0.15) is 0 Å². The highest BCUT2D eigenvalue weighted by molar-refractivity contribution is 7.98. The second-order valence-electron chi connectivity index (χ2n) is 3.78. The number of ether oxygens (including phenoxy) is 1. The Labute approximate surface area is 115 Å². The molecule has 2 N–H and O–H groups in total. The van der Waals surface area contributed by atoms with Crippen molar-refractivity contribution in [3.05, 3.63) is 42.4 Å². The van der Waals surface area contributed by atoms with Crippen LogP contribution in [0.2, 0.25) is 0 Å². The first-order valence-corrected chi connectivity index (χ1v) is 6.61. The molecule has 0 aliphatic carbocycles. The van der Waals surface area contributed by atoms with Crippen LogP contribution in [-0.2, 0) is 5.75 Å². The van der Waals surface area contributed by atoms with E-state index in [1.807, 2.05) is 0 Å². The molecule has 19 heavy (non-hydrogen) atoms. The maximum absolute atomic E-state index is 9.18. The average Bonchev–Trinajstić information content (AvgIpc) is 2.45. The number of rotatable bonds is 5. The van der Waals surface area contributed by atoms with Crippen molar-refractivity contribution in [2.75, 3.05) is 7.11 Å². The van der Waals surface area contributed by atoms with Gasteiger partial charge in [0.05, 0.1) is 13.3 Å². The summed E-state index contributed by atoms with van der Waals surface area (Å²) >= 11 is 1.51. The Balaban J connectivity index is 2.16. The minimum atomic E-state index is -1.48. The van der Waals surface area contributed by atoms with Gasteiger partial charge in [0.25, 0.3) is 0 Å². The number of nitrogens with zero attached hydrogens (tertiary/aromatic N) is 2. The minimum Gasteiger partial charge on any atom is -0.496 e. The maximum atomic E-state index is 9.18. The zero-order chi connectivity index (χ0) is 13.7. The lowest BCUT2D eigenvalue weighted by Gasteiger charge is -2.10. The van der Waals surface area contributed by atoms with E-state index in [2.05, 4.69) is 9.97 Å². The molecule has 0 aliphatic rings. The van der Waals surface area contributed by atoms with E-state index in [-0.39, 0.29) is 0 Å². The molecule has 0 atom stereocenters. The van der Waals surface area contributed by atoms with E-state index < -0.39 is 7.12 Å². The molecule has 5 nitrogen and oxygen atoms in total. The molecule has 0 radical (unpaired) electrons. The monoisotopic (exact) mass is 276 g/mol. The highest BCUT2D eigenvalue weighted by Gasteiger charge is 2.14. The van der Waals surface area contributed by atoms with Crippen molar-refractivity contribution in [2.45, 2.75) is 10.8 Å². The van der Waals surface area contributed by atoms with Crippen LogP contribution < -0.4 is 10.2 Å². The average molecular weight is 276 g/mol. The first-order valence-electron chi connectivity index (χ1n) is 5.62. The summed E-state index contributed by atoms with van der Waals surface area (Å²) in [4.78, 5) is 8.16. The number of hydrogen-bond donors (Lipinski definition) is 2. The Morgan fingerprint density at radius 1 is 1.32 bits per heavy atom. The summed E-state index contributed by atoms with van der Waals surface area (Å²) in [6.45, 7) is 0. The van der Waals surface area contributed by atoms with E-state index >= 15 is 0 Å². The first kappa shape index (κ1) is 13.9. The van der Waals surface area contributed by atoms with Crippen molar-refractivity contribution in [3.8, 4) is 5.75 Å². The van der Waals surface area contributed by atoms with E-state index in [0.29, 0.717) is 17.0 Å². The number of methoxy groups -OCH3 is 1. The van der Waals surface area contributed by atoms with Gasteiger partial charge in [0.15, 0.2) is 0 Å². The van der Waals surface area contributed by atoms with Gasteiger partial charge in [0, 0.05) is 23.7 Å². The molecular weight excluding hydrogens is 263 g/mol. The number of aromatic nitrogens is 2. The second kappa shape index (κ2) is 6.56. The van der Waals surface area contributed by atoms with Crippen LogP contribution in [0.3, 0.4) is 0 Å². The Kier molecular flexibility index (Phi) is 4.78. The molecule has 2 aromatic rings. The van der Waals surface area contributed by atoms with Crippen LogP contribution in [0.5, 0.6) is 5.75 Å². The molecule has 0 aliphatic heterocycles. The van der Waals surface area contributed by atoms with Crippen LogP contribution in [0.4, 0.5) is 0 Å². The number of thioether (sulfide) groups is 1. The molecule has 0 spiro atoms. The molecular formula is C12H13BN2O3S. The second-order valence-corrected chi connectivity index (χ2v) is 4.77. The minimum absolute atomic E-state index is 0.440. The molecule has 0 saturated carbocycles. The summed E-state index contributed by atoms with van der Waals surface area (Å²) in [7, 11) is 0.104. The van der Waals surface area contributed by atoms with Gasteiger partial charge in [0.2, 0.25) is 0 Å². The van der Waals surface area contributed by atoms with E-state index in [9.17, 15) is 10.0 Å². The lowest BCUT2D eigenvalue weighted by Crippen LogP contribution is -2.30. The summed E-state index contributed by atoms with van der Waals surface area (Å²) in [6, 6.07) is 5.06. The van der Waals surface area contributed by atoms with Crippen LogP contribution in [0.1, 0.15) is 5.56 Å². The fourth-order valence-electron chi connectivity index (χ4n) is 1.58. The third-order valence-corrected chi connectivity index (χ3v) is 3.48. The van der Waals surface area contributed by atoms with Gasteiger partial charge in [-0.3, -0.25) is 4.98 Å². The smallest absolute Gasteiger partial charge is 0.488 e. The van der Waals surface area contributed by atoms with Crippen molar-refractivity contribution in [1.29, 1.82) is 0 Å². The van der Waals surface area contributed by atoms with Crippen LogP contribution in [0.25, 0.3) is 0 Å². The topological polar surface area (TPSA) is 75.5 Å². The Bertz CT molecular complexity index is 540. The molecule has 0 saturated heterocycles. The third-order valence-electron chi connectivity index (χ3n) is 2.52. The van der Waals surface area contributed by atoms with Gasteiger partial charge < -0.3 is 14.8 Å². The summed E-state index contributed by atoms with van der Waals surface area (Å²) < 4.78 is 5.26.